The molecular formula is C11H14N2O2. The van der Waals surface area contributed by atoms with Crippen molar-refractivity contribution in [3.8, 4) is 6.07 Å². The van der Waals surface area contributed by atoms with Crippen molar-refractivity contribution in [1.29, 1.82) is 5.26 Å². The van der Waals surface area contributed by atoms with E-state index in [2.05, 4.69) is 5.32 Å². The molecular weight excluding hydrogens is 192 g/mol. The largest absolute Gasteiger partial charge is 0.469 e. The third-order valence-electron chi connectivity index (χ3n) is 2.08. The third-order valence-corrected chi connectivity index (χ3v) is 2.08. The summed E-state index contributed by atoms with van der Waals surface area (Å²) < 4.78 is 5.11. The van der Waals surface area contributed by atoms with Crippen LogP contribution in [0.25, 0.3) is 0 Å². The number of furan rings is 1. The molecule has 1 N–H and O–H groups in total. The van der Waals surface area contributed by atoms with Gasteiger partial charge in [0.2, 0.25) is 5.91 Å². The summed E-state index contributed by atoms with van der Waals surface area (Å²) in [6.45, 7) is 3.67. The molecule has 4 heteroatoms. The van der Waals surface area contributed by atoms with Gasteiger partial charge in [0.25, 0.3) is 0 Å². The maximum Gasteiger partial charge on any atom is 0.239 e. The van der Waals surface area contributed by atoms with Gasteiger partial charge in [-0.15, -0.1) is 0 Å². The fourth-order valence-corrected chi connectivity index (χ4v) is 1.03. The monoisotopic (exact) mass is 206 g/mol. The average Bonchev–Trinajstić information content (AvgIpc) is 2.70. The molecule has 1 amide bonds. The van der Waals surface area contributed by atoms with Crippen LogP contribution in [0.15, 0.2) is 22.8 Å². The summed E-state index contributed by atoms with van der Waals surface area (Å²) in [6, 6.07) is 5.60. The Morgan fingerprint density at radius 3 is 2.93 bits per heavy atom. The number of nitriles is 1. The maximum atomic E-state index is 11.5. The fraction of sp³-hybridized carbons (Fsp3) is 0.455. The van der Waals surface area contributed by atoms with E-state index in [1.165, 1.54) is 0 Å². The zero-order chi connectivity index (χ0) is 11.3. The second-order valence-corrected chi connectivity index (χ2v) is 3.82. The number of hydrogen-bond donors (Lipinski definition) is 1. The Hall–Kier alpha value is -1.76. The molecule has 0 saturated heterocycles. The highest BCUT2D eigenvalue weighted by Crippen LogP contribution is 2.12. The van der Waals surface area contributed by atoms with Gasteiger partial charge in [-0.2, -0.15) is 5.26 Å². The fourth-order valence-electron chi connectivity index (χ4n) is 1.03. The van der Waals surface area contributed by atoms with E-state index in [1.807, 2.05) is 12.1 Å². The van der Waals surface area contributed by atoms with Crippen LogP contribution in [0.3, 0.4) is 0 Å². The number of amides is 1. The molecule has 0 spiro atoms. The smallest absolute Gasteiger partial charge is 0.239 e. The van der Waals surface area contributed by atoms with Gasteiger partial charge in [-0.25, -0.2) is 0 Å². The Morgan fingerprint density at radius 2 is 2.40 bits per heavy atom. The minimum absolute atomic E-state index is 0.253. The predicted octanol–water partition coefficient (Wildman–Crippen LogP) is 1.49. The normalized spacial score (nSPS) is 10.7. The van der Waals surface area contributed by atoms with Crippen molar-refractivity contribution in [2.75, 3.05) is 6.54 Å². The van der Waals surface area contributed by atoms with E-state index in [0.29, 0.717) is 13.0 Å². The van der Waals surface area contributed by atoms with Gasteiger partial charge in [0.15, 0.2) is 0 Å². The van der Waals surface area contributed by atoms with Crippen molar-refractivity contribution < 1.29 is 9.21 Å². The zero-order valence-corrected chi connectivity index (χ0v) is 8.91. The van der Waals surface area contributed by atoms with Crippen molar-refractivity contribution in [3.63, 3.8) is 0 Å². The first-order chi connectivity index (χ1) is 7.06. The molecule has 1 heterocycles. The standard InChI is InChI=1S/C11H14N2O2/c1-11(2,8-12)10(14)13-6-5-9-4-3-7-15-9/h3-4,7H,5-6H2,1-2H3,(H,13,14). The van der Waals surface area contributed by atoms with Gasteiger partial charge in [-0.05, 0) is 26.0 Å². The summed E-state index contributed by atoms with van der Waals surface area (Å²) in [6.07, 6.45) is 2.23. The second kappa shape index (κ2) is 4.65. The van der Waals surface area contributed by atoms with Gasteiger partial charge in [-0.3, -0.25) is 4.79 Å². The first kappa shape index (κ1) is 11.3. The van der Waals surface area contributed by atoms with Crippen molar-refractivity contribution in [3.05, 3.63) is 24.2 Å². The second-order valence-electron chi connectivity index (χ2n) is 3.82. The van der Waals surface area contributed by atoms with Crippen LogP contribution in [0.2, 0.25) is 0 Å². The summed E-state index contributed by atoms with van der Waals surface area (Å²) >= 11 is 0. The molecule has 0 unspecified atom stereocenters. The van der Waals surface area contributed by atoms with E-state index in [4.69, 9.17) is 9.68 Å². The van der Waals surface area contributed by atoms with Crippen molar-refractivity contribution in [1.82, 2.24) is 5.32 Å². The van der Waals surface area contributed by atoms with E-state index in [-0.39, 0.29) is 5.91 Å². The van der Waals surface area contributed by atoms with Crippen molar-refractivity contribution >= 4 is 5.91 Å². The topological polar surface area (TPSA) is 66.0 Å². The molecule has 4 nitrogen and oxygen atoms in total. The molecule has 0 aliphatic heterocycles. The highest BCUT2D eigenvalue weighted by molar-refractivity contribution is 5.84. The minimum Gasteiger partial charge on any atom is -0.469 e. The van der Waals surface area contributed by atoms with Gasteiger partial charge < -0.3 is 9.73 Å². The Bertz CT molecular complexity index is 360. The average molecular weight is 206 g/mol. The molecule has 0 aliphatic carbocycles. The van der Waals surface area contributed by atoms with Crippen molar-refractivity contribution in [2.45, 2.75) is 20.3 Å². The molecule has 15 heavy (non-hydrogen) atoms. The lowest BCUT2D eigenvalue weighted by Crippen LogP contribution is -2.36. The molecule has 0 bridgehead atoms. The number of nitrogens with zero attached hydrogens (tertiary/aromatic N) is 1. The molecule has 1 rings (SSSR count). The molecule has 0 aromatic carbocycles. The first-order valence-electron chi connectivity index (χ1n) is 4.78. The van der Waals surface area contributed by atoms with Gasteiger partial charge in [0, 0.05) is 13.0 Å². The van der Waals surface area contributed by atoms with Crippen LogP contribution in [0.4, 0.5) is 0 Å². The lowest BCUT2D eigenvalue weighted by molar-refractivity contribution is -0.126. The lowest BCUT2D eigenvalue weighted by Gasteiger charge is -2.14. The Labute approximate surface area is 88.9 Å². The first-order valence-corrected chi connectivity index (χ1v) is 4.78. The maximum absolute atomic E-state index is 11.5. The molecule has 0 radical (unpaired) electrons. The Morgan fingerprint density at radius 1 is 1.67 bits per heavy atom. The number of hydrogen-bond acceptors (Lipinski definition) is 3. The molecule has 80 valence electrons. The number of rotatable bonds is 4. The molecule has 0 atom stereocenters. The number of carbonyl (C=O) groups excluding carboxylic acids is 1. The molecule has 1 aromatic rings. The van der Waals surface area contributed by atoms with Crippen LogP contribution in [0.1, 0.15) is 19.6 Å². The highest BCUT2D eigenvalue weighted by atomic mass is 16.3. The number of nitrogens with one attached hydrogen (secondary N) is 1. The van der Waals surface area contributed by atoms with Gasteiger partial charge >= 0.3 is 0 Å². The van der Waals surface area contributed by atoms with Crippen LogP contribution < -0.4 is 5.32 Å². The van der Waals surface area contributed by atoms with Crippen LogP contribution in [-0.2, 0) is 11.2 Å². The zero-order valence-electron chi connectivity index (χ0n) is 8.91. The van der Waals surface area contributed by atoms with Crippen LogP contribution >= 0.6 is 0 Å². The summed E-state index contributed by atoms with van der Waals surface area (Å²) in [7, 11) is 0. The summed E-state index contributed by atoms with van der Waals surface area (Å²) in [5.41, 5.74) is -0.969. The van der Waals surface area contributed by atoms with Gasteiger partial charge in [0.05, 0.1) is 12.3 Å². The van der Waals surface area contributed by atoms with E-state index >= 15 is 0 Å². The van der Waals surface area contributed by atoms with E-state index < -0.39 is 5.41 Å². The van der Waals surface area contributed by atoms with Gasteiger partial charge in [-0.1, -0.05) is 0 Å². The van der Waals surface area contributed by atoms with Crippen LogP contribution in [-0.4, -0.2) is 12.5 Å². The van der Waals surface area contributed by atoms with E-state index in [0.717, 1.165) is 5.76 Å². The summed E-state index contributed by atoms with van der Waals surface area (Å²) in [5.74, 6) is 0.571. The predicted molar refractivity (Wildman–Crippen MR) is 54.8 cm³/mol. The summed E-state index contributed by atoms with van der Waals surface area (Å²) in [4.78, 5) is 11.5. The van der Waals surface area contributed by atoms with E-state index in [9.17, 15) is 4.79 Å². The molecule has 0 saturated carbocycles. The van der Waals surface area contributed by atoms with Crippen LogP contribution in [0.5, 0.6) is 0 Å². The summed E-state index contributed by atoms with van der Waals surface area (Å²) in [5, 5.41) is 11.4. The quantitative estimate of drug-likeness (QED) is 0.811. The molecule has 0 fully saturated rings. The Kier molecular flexibility index (Phi) is 3.51. The van der Waals surface area contributed by atoms with Crippen LogP contribution in [0, 0.1) is 16.7 Å². The SMILES string of the molecule is CC(C)(C#N)C(=O)NCCc1ccco1. The van der Waals surface area contributed by atoms with Gasteiger partial charge in [0.1, 0.15) is 11.2 Å². The third kappa shape index (κ3) is 3.13. The number of carbonyl (C=O) groups is 1. The van der Waals surface area contributed by atoms with E-state index in [1.54, 1.807) is 26.2 Å². The molecule has 1 aromatic heterocycles. The Balaban J connectivity index is 2.33. The molecule has 0 aliphatic rings. The minimum atomic E-state index is -0.969. The van der Waals surface area contributed by atoms with Crippen molar-refractivity contribution in [2.24, 2.45) is 5.41 Å². The lowest BCUT2D eigenvalue weighted by atomic mass is 9.95. The highest BCUT2D eigenvalue weighted by Gasteiger charge is 2.26.